The standard InChI is InChI=1S/C41H26N2O2/c1-3-11-27(12-4-1)28-19-21-31(22-20-28)43(30-14-5-2-6-15-30)32-23-24-34-35-25-29-13-7-8-16-33(29)39(40(35)44-38(34)26-32)41-42-36-17-9-10-18-37(36)45-41/h1-26H. The molecule has 0 radical (unpaired) electrons. The first kappa shape index (κ1) is 25.4. The summed E-state index contributed by atoms with van der Waals surface area (Å²) in [6.45, 7) is 0. The maximum Gasteiger partial charge on any atom is 0.231 e. The molecule has 0 bridgehead atoms. The molecule has 0 spiro atoms. The molecular formula is C41H26N2O2. The summed E-state index contributed by atoms with van der Waals surface area (Å²) in [7, 11) is 0. The van der Waals surface area contributed by atoms with Crippen molar-refractivity contribution in [1.82, 2.24) is 4.98 Å². The smallest absolute Gasteiger partial charge is 0.231 e. The fourth-order valence-electron chi connectivity index (χ4n) is 6.35. The molecule has 4 nitrogen and oxygen atoms in total. The summed E-state index contributed by atoms with van der Waals surface area (Å²) in [6.07, 6.45) is 0. The predicted octanol–water partition coefficient (Wildman–Crippen LogP) is 11.7. The largest absolute Gasteiger partial charge is 0.455 e. The first-order valence-electron chi connectivity index (χ1n) is 15.0. The van der Waals surface area contributed by atoms with Crippen LogP contribution < -0.4 is 4.90 Å². The first-order valence-corrected chi connectivity index (χ1v) is 15.0. The van der Waals surface area contributed by atoms with E-state index in [4.69, 9.17) is 13.8 Å². The quantitative estimate of drug-likeness (QED) is 0.204. The molecule has 0 fully saturated rings. The Hall–Kier alpha value is -6.13. The van der Waals surface area contributed by atoms with Crippen molar-refractivity contribution in [3.8, 4) is 22.6 Å². The summed E-state index contributed by atoms with van der Waals surface area (Å²) in [6, 6.07) is 54.5. The molecule has 2 aromatic heterocycles. The van der Waals surface area contributed by atoms with Gasteiger partial charge in [0.25, 0.3) is 0 Å². The molecule has 212 valence electrons. The summed E-state index contributed by atoms with van der Waals surface area (Å²) in [5.41, 5.74) is 9.53. The van der Waals surface area contributed by atoms with E-state index in [1.165, 1.54) is 11.1 Å². The number of rotatable bonds is 5. The Bertz CT molecular complexity index is 2440. The number of oxazole rings is 1. The van der Waals surface area contributed by atoms with Crippen LogP contribution >= 0.6 is 0 Å². The Kier molecular flexibility index (Phi) is 5.78. The van der Waals surface area contributed by atoms with Crippen LogP contribution in [-0.4, -0.2) is 4.98 Å². The van der Waals surface area contributed by atoms with Crippen molar-refractivity contribution in [2.24, 2.45) is 0 Å². The number of aromatic nitrogens is 1. The van der Waals surface area contributed by atoms with Crippen LogP contribution in [0, 0.1) is 0 Å². The Labute approximate surface area is 259 Å². The van der Waals surface area contributed by atoms with Crippen LogP contribution in [0.15, 0.2) is 167 Å². The third kappa shape index (κ3) is 4.27. The topological polar surface area (TPSA) is 42.4 Å². The molecular weight excluding hydrogens is 552 g/mol. The maximum absolute atomic E-state index is 6.75. The van der Waals surface area contributed by atoms with Crippen LogP contribution in [-0.2, 0) is 0 Å². The van der Waals surface area contributed by atoms with E-state index in [0.29, 0.717) is 5.89 Å². The molecule has 0 unspecified atom stereocenters. The number of para-hydroxylation sites is 3. The molecule has 9 rings (SSSR count). The van der Waals surface area contributed by atoms with Crippen LogP contribution in [0.4, 0.5) is 17.1 Å². The minimum atomic E-state index is 0.557. The normalized spacial score (nSPS) is 11.6. The second-order valence-electron chi connectivity index (χ2n) is 11.2. The van der Waals surface area contributed by atoms with Crippen molar-refractivity contribution in [2.45, 2.75) is 0 Å². The highest BCUT2D eigenvalue weighted by Gasteiger charge is 2.22. The van der Waals surface area contributed by atoms with Crippen LogP contribution in [0.1, 0.15) is 0 Å². The molecule has 0 aliphatic heterocycles. The minimum absolute atomic E-state index is 0.557. The second kappa shape index (κ2) is 10.2. The van der Waals surface area contributed by atoms with Crippen molar-refractivity contribution < 1.29 is 8.83 Å². The third-order valence-corrected chi connectivity index (χ3v) is 8.48. The zero-order chi connectivity index (χ0) is 29.7. The number of anilines is 3. The number of fused-ring (bicyclic) bond motifs is 5. The Morgan fingerprint density at radius 2 is 1.11 bits per heavy atom. The van der Waals surface area contributed by atoms with Gasteiger partial charge in [-0.3, -0.25) is 0 Å². The van der Waals surface area contributed by atoms with Crippen LogP contribution in [0.25, 0.3) is 66.4 Å². The first-order chi connectivity index (χ1) is 22.3. The lowest BCUT2D eigenvalue weighted by atomic mass is 10.00. The van der Waals surface area contributed by atoms with Gasteiger partial charge in [-0.25, -0.2) is 4.98 Å². The second-order valence-corrected chi connectivity index (χ2v) is 11.2. The van der Waals surface area contributed by atoms with Crippen LogP contribution in [0.2, 0.25) is 0 Å². The molecule has 4 heteroatoms. The molecule has 0 aliphatic rings. The minimum Gasteiger partial charge on any atom is -0.455 e. The van der Waals surface area contributed by atoms with Gasteiger partial charge in [0.1, 0.15) is 16.7 Å². The fourth-order valence-corrected chi connectivity index (χ4v) is 6.35. The van der Waals surface area contributed by atoms with Crippen molar-refractivity contribution in [1.29, 1.82) is 0 Å². The number of nitrogens with zero attached hydrogens (tertiary/aromatic N) is 2. The summed E-state index contributed by atoms with van der Waals surface area (Å²) in [5.74, 6) is 0.557. The van der Waals surface area contributed by atoms with E-state index in [0.717, 1.165) is 66.4 Å². The van der Waals surface area contributed by atoms with E-state index in [9.17, 15) is 0 Å². The van der Waals surface area contributed by atoms with Crippen LogP contribution in [0.3, 0.4) is 0 Å². The fraction of sp³-hybridized carbons (Fsp3) is 0. The van der Waals surface area contributed by atoms with Crippen molar-refractivity contribution in [3.63, 3.8) is 0 Å². The lowest BCUT2D eigenvalue weighted by molar-refractivity contribution is 0.616. The molecule has 0 saturated heterocycles. The number of hydrogen-bond acceptors (Lipinski definition) is 4. The number of benzene rings is 7. The maximum atomic E-state index is 6.75. The zero-order valence-corrected chi connectivity index (χ0v) is 24.2. The van der Waals surface area contributed by atoms with Gasteiger partial charge in [0, 0.05) is 33.9 Å². The van der Waals surface area contributed by atoms with E-state index in [1.54, 1.807) is 0 Å². The van der Waals surface area contributed by atoms with E-state index in [2.05, 4.69) is 120 Å². The van der Waals surface area contributed by atoms with Crippen molar-refractivity contribution >= 4 is 60.9 Å². The van der Waals surface area contributed by atoms with E-state index in [1.807, 2.05) is 42.5 Å². The summed E-state index contributed by atoms with van der Waals surface area (Å²) in [5, 5.41) is 4.23. The summed E-state index contributed by atoms with van der Waals surface area (Å²) < 4.78 is 13.1. The van der Waals surface area contributed by atoms with Crippen molar-refractivity contribution in [2.75, 3.05) is 4.90 Å². The van der Waals surface area contributed by atoms with Gasteiger partial charge in [0.2, 0.25) is 5.89 Å². The molecule has 0 saturated carbocycles. The zero-order valence-electron chi connectivity index (χ0n) is 24.2. The Morgan fingerprint density at radius 1 is 0.444 bits per heavy atom. The van der Waals surface area contributed by atoms with Crippen molar-refractivity contribution in [3.05, 3.63) is 158 Å². The van der Waals surface area contributed by atoms with Gasteiger partial charge in [0.15, 0.2) is 5.58 Å². The van der Waals surface area contributed by atoms with E-state index >= 15 is 0 Å². The van der Waals surface area contributed by atoms with Crippen LogP contribution in [0.5, 0.6) is 0 Å². The monoisotopic (exact) mass is 578 g/mol. The molecule has 7 aromatic carbocycles. The van der Waals surface area contributed by atoms with Gasteiger partial charge in [-0.15, -0.1) is 0 Å². The SMILES string of the molecule is c1ccc(-c2ccc(N(c3ccccc3)c3ccc4c(c3)oc3c(-c5nc6ccccc6o5)c5ccccc5cc34)cc2)cc1. The average Bonchev–Trinajstić information content (AvgIpc) is 3.69. The van der Waals surface area contributed by atoms with Gasteiger partial charge in [-0.05, 0) is 76.5 Å². The molecule has 0 amide bonds. The number of hydrogen-bond donors (Lipinski definition) is 0. The lowest BCUT2D eigenvalue weighted by Gasteiger charge is -2.25. The van der Waals surface area contributed by atoms with Gasteiger partial charge in [0.05, 0.1) is 5.56 Å². The lowest BCUT2D eigenvalue weighted by Crippen LogP contribution is -2.09. The predicted molar refractivity (Wildman–Crippen MR) is 184 cm³/mol. The summed E-state index contributed by atoms with van der Waals surface area (Å²) >= 11 is 0. The number of furan rings is 1. The summed E-state index contributed by atoms with van der Waals surface area (Å²) in [4.78, 5) is 7.14. The highest BCUT2D eigenvalue weighted by Crippen LogP contribution is 2.44. The highest BCUT2D eigenvalue weighted by molar-refractivity contribution is 6.18. The van der Waals surface area contributed by atoms with Gasteiger partial charge in [-0.2, -0.15) is 0 Å². The molecule has 0 N–H and O–H groups in total. The van der Waals surface area contributed by atoms with E-state index in [-0.39, 0.29) is 0 Å². The van der Waals surface area contributed by atoms with Gasteiger partial charge < -0.3 is 13.7 Å². The molecule has 0 aliphatic carbocycles. The Morgan fingerprint density at radius 3 is 1.93 bits per heavy atom. The molecule has 2 heterocycles. The van der Waals surface area contributed by atoms with E-state index < -0.39 is 0 Å². The molecule has 45 heavy (non-hydrogen) atoms. The molecule has 9 aromatic rings. The average molecular weight is 579 g/mol. The highest BCUT2D eigenvalue weighted by atomic mass is 16.4. The van der Waals surface area contributed by atoms with Gasteiger partial charge in [-0.1, -0.05) is 97.1 Å². The van der Waals surface area contributed by atoms with Gasteiger partial charge >= 0.3 is 0 Å². The Balaban J connectivity index is 1.23. The third-order valence-electron chi connectivity index (χ3n) is 8.48. The molecule has 0 atom stereocenters.